The third kappa shape index (κ3) is 29.3. The van der Waals surface area contributed by atoms with Crippen molar-refractivity contribution in [1.29, 1.82) is 0 Å². The number of allylic oxidation sites excluding steroid dienone is 1. The van der Waals surface area contributed by atoms with Gasteiger partial charge >= 0.3 is 19.8 Å². The minimum Gasteiger partial charge on any atom is -0.462 e. The Balaban J connectivity index is 2.55. The van der Waals surface area contributed by atoms with Crippen LogP contribution in [0.5, 0.6) is 0 Å². The molecule has 0 aromatic heterocycles. The molecular weight excluding hydrogens is 749 g/mol. The number of aliphatic hydroxyl groups is 3. The molecule has 7 atom stereocenters. The Hall–Kier alpha value is -1.63. The molecule has 0 aromatic carbocycles. The van der Waals surface area contributed by atoms with E-state index >= 15 is 0 Å². The van der Waals surface area contributed by atoms with E-state index < -0.39 is 50.8 Å². The zero-order chi connectivity index (χ0) is 42.4. The first-order valence-electron chi connectivity index (χ1n) is 22.3. The first-order valence-corrected chi connectivity index (χ1v) is 23.8. The predicted molar refractivity (Wildman–Crippen MR) is 226 cm³/mol. The van der Waals surface area contributed by atoms with Gasteiger partial charge in [-0.25, -0.2) is 4.57 Å². The minimum absolute atomic E-state index is 0.0241. The van der Waals surface area contributed by atoms with Crippen LogP contribution in [0.15, 0.2) is 24.3 Å². The third-order valence-electron chi connectivity index (χ3n) is 10.6. The second-order valence-corrected chi connectivity index (χ2v) is 18.5. The lowest BCUT2D eigenvalue weighted by molar-refractivity contribution is -0.870. The maximum absolute atomic E-state index is 12.8. The van der Waals surface area contributed by atoms with E-state index in [9.17, 15) is 34.4 Å². The van der Waals surface area contributed by atoms with Crippen LogP contribution in [0.1, 0.15) is 162 Å². The van der Waals surface area contributed by atoms with Gasteiger partial charge in [0.25, 0.3) is 0 Å². The minimum atomic E-state index is -4.47. The molecule has 12 nitrogen and oxygen atoms in total. The zero-order valence-electron chi connectivity index (χ0n) is 36.4. The molecule has 0 saturated heterocycles. The van der Waals surface area contributed by atoms with Gasteiger partial charge in [0.1, 0.15) is 19.8 Å². The first-order chi connectivity index (χ1) is 27.2. The van der Waals surface area contributed by atoms with E-state index in [4.69, 9.17) is 18.5 Å². The topological polar surface area (TPSA) is 169 Å². The van der Waals surface area contributed by atoms with Gasteiger partial charge in [-0.2, -0.15) is 0 Å². The smallest absolute Gasteiger partial charge is 0.462 e. The van der Waals surface area contributed by atoms with E-state index in [-0.39, 0.29) is 44.3 Å². The van der Waals surface area contributed by atoms with Crippen LogP contribution in [-0.4, -0.2) is 109 Å². The summed E-state index contributed by atoms with van der Waals surface area (Å²) in [6.07, 6.45) is 26.4. The van der Waals surface area contributed by atoms with Gasteiger partial charge in [0.15, 0.2) is 6.10 Å². The number of hydrogen-bond donors (Lipinski definition) is 4. The number of carbonyl (C=O) groups excluding carboxylic acids is 2. The summed E-state index contributed by atoms with van der Waals surface area (Å²) < 4.78 is 34.2. The van der Waals surface area contributed by atoms with Crippen molar-refractivity contribution in [3.63, 3.8) is 0 Å². The Labute approximate surface area is 346 Å². The van der Waals surface area contributed by atoms with Crippen LogP contribution in [0.25, 0.3) is 0 Å². The molecule has 0 spiro atoms. The van der Waals surface area contributed by atoms with E-state index in [0.29, 0.717) is 30.3 Å². The van der Waals surface area contributed by atoms with Crippen molar-refractivity contribution >= 4 is 19.8 Å². The monoisotopic (exact) mass is 833 g/mol. The van der Waals surface area contributed by atoms with Gasteiger partial charge < -0.3 is 34.2 Å². The fourth-order valence-electron chi connectivity index (χ4n) is 6.99. The summed E-state index contributed by atoms with van der Waals surface area (Å²) in [4.78, 5) is 35.6. The molecule has 0 aliphatic heterocycles. The van der Waals surface area contributed by atoms with Crippen LogP contribution in [0.4, 0.5) is 0 Å². The number of esters is 2. The number of phosphoric ester groups is 1. The van der Waals surface area contributed by atoms with E-state index in [1.807, 2.05) is 21.1 Å². The third-order valence-corrected chi connectivity index (χ3v) is 11.6. The Morgan fingerprint density at radius 2 is 1.32 bits per heavy atom. The van der Waals surface area contributed by atoms with Crippen molar-refractivity contribution in [2.75, 3.05) is 47.5 Å². The molecule has 4 N–H and O–H groups in total. The number of quaternary nitrogens is 1. The van der Waals surface area contributed by atoms with Gasteiger partial charge in [0.05, 0.1) is 52.5 Å². The molecule has 1 aliphatic carbocycles. The Kier molecular flexibility index (Phi) is 30.1. The fraction of sp³-hybridized carbons (Fsp3) is 0.864. The lowest BCUT2D eigenvalue weighted by Gasteiger charge is -2.24. The molecule has 0 heterocycles. The molecule has 1 rings (SSSR count). The van der Waals surface area contributed by atoms with Crippen LogP contribution in [0.3, 0.4) is 0 Å². The van der Waals surface area contributed by atoms with Crippen molar-refractivity contribution in [2.24, 2.45) is 11.8 Å². The fourth-order valence-corrected chi connectivity index (χ4v) is 7.73. The summed E-state index contributed by atoms with van der Waals surface area (Å²) in [5.41, 5.74) is 0. The van der Waals surface area contributed by atoms with Crippen molar-refractivity contribution in [3.05, 3.63) is 24.3 Å². The van der Waals surface area contributed by atoms with Gasteiger partial charge in [-0.1, -0.05) is 147 Å². The number of hydrogen-bond acceptors (Lipinski definition) is 10. The lowest BCUT2D eigenvalue weighted by atomic mass is 9.89. The second-order valence-electron chi connectivity index (χ2n) is 17.1. The summed E-state index contributed by atoms with van der Waals surface area (Å²) >= 11 is 0. The molecule has 1 saturated carbocycles. The SMILES string of the molecule is CCCCCCCCCCCCCCCCCC(=O)OC[C@H](COP(=O)(O)OCC[N+](C)(C)C)OC(=O)C/C=C\C[C@H]1[C@@H](/C=C/[C@H](O)CCCCC)[C@H](O)C[C@@H]1O. The van der Waals surface area contributed by atoms with Gasteiger partial charge in [0, 0.05) is 18.8 Å². The standard InChI is InChI=1S/C44H82NO11P/c1-6-8-10-11-12-13-14-15-16-17-18-19-20-21-23-28-43(49)53-35-38(36-55-57(51,52)54-33-32-45(3,4)5)56-44(50)29-25-24-27-39-40(42(48)34-41(39)47)31-30-37(46)26-22-9-7-2/h24-25,30-31,37-42,46-48H,6-23,26-29,32-36H2,1-5H3/p+1/b25-24-,31-30+/t37-,38-,39+,40-,41+,42-/m1/s1. The summed E-state index contributed by atoms with van der Waals surface area (Å²) in [5, 5.41) is 31.4. The largest absolute Gasteiger partial charge is 0.472 e. The van der Waals surface area contributed by atoms with Gasteiger partial charge in [-0.3, -0.25) is 18.6 Å². The number of aliphatic hydroxyl groups excluding tert-OH is 3. The molecule has 1 fully saturated rings. The van der Waals surface area contributed by atoms with E-state index in [1.165, 1.54) is 70.6 Å². The van der Waals surface area contributed by atoms with Crippen LogP contribution >= 0.6 is 7.82 Å². The number of rotatable bonds is 36. The first kappa shape index (κ1) is 53.4. The highest BCUT2D eigenvalue weighted by atomic mass is 31.2. The summed E-state index contributed by atoms with van der Waals surface area (Å²) in [6.45, 7) is 3.94. The quantitative estimate of drug-likeness (QED) is 0.0157. The average Bonchev–Trinajstić information content (AvgIpc) is 3.42. The maximum Gasteiger partial charge on any atom is 0.472 e. The number of likely N-dealkylation sites (N-methyl/N-ethyl adjacent to an activating group) is 1. The highest BCUT2D eigenvalue weighted by molar-refractivity contribution is 7.47. The number of carbonyl (C=O) groups is 2. The number of ether oxygens (including phenoxy) is 2. The average molecular weight is 833 g/mol. The second kappa shape index (κ2) is 32.2. The van der Waals surface area contributed by atoms with Gasteiger partial charge in [-0.05, 0) is 25.2 Å². The van der Waals surface area contributed by atoms with E-state index in [2.05, 4.69) is 13.8 Å². The maximum atomic E-state index is 12.8. The Morgan fingerprint density at radius 3 is 1.89 bits per heavy atom. The van der Waals surface area contributed by atoms with Crippen LogP contribution in [0, 0.1) is 11.8 Å². The number of nitrogens with zero attached hydrogens (tertiary/aromatic N) is 1. The van der Waals surface area contributed by atoms with Crippen molar-refractivity contribution in [2.45, 2.75) is 186 Å². The van der Waals surface area contributed by atoms with E-state index in [1.54, 1.807) is 24.3 Å². The lowest BCUT2D eigenvalue weighted by Crippen LogP contribution is -2.37. The van der Waals surface area contributed by atoms with Gasteiger partial charge in [-0.15, -0.1) is 0 Å². The highest BCUT2D eigenvalue weighted by Gasteiger charge is 2.39. The summed E-state index contributed by atoms with van der Waals surface area (Å²) in [7, 11) is 1.29. The Bertz CT molecular complexity index is 1140. The molecule has 0 radical (unpaired) electrons. The number of phosphoric acid groups is 1. The van der Waals surface area contributed by atoms with E-state index in [0.717, 1.165) is 38.5 Å². The van der Waals surface area contributed by atoms with Crippen LogP contribution in [-0.2, 0) is 32.7 Å². The van der Waals surface area contributed by atoms with Crippen LogP contribution < -0.4 is 0 Å². The summed E-state index contributed by atoms with van der Waals surface area (Å²) in [6, 6.07) is 0. The molecule has 13 heteroatoms. The molecule has 0 bridgehead atoms. The van der Waals surface area contributed by atoms with Crippen molar-refractivity contribution in [3.8, 4) is 0 Å². The van der Waals surface area contributed by atoms with Crippen molar-refractivity contribution < 1.29 is 57.4 Å². The predicted octanol–water partition coefficient (Wildman–Crippen LogP) is 8.73. The molecule has 1 unspecified atom stereocenters. The van der Waals surface area contributed by atoms with Crippen molar-refractivity contribution in [1.82, 2.24) is 0 Å². The number of unbranched alkanes of at least 4 members (excludes halogenated alkanes) is 16. The molecule has 334 valence electrons. The normalized spacial score (nSPS) is 20.9. The summed E-state index contributed by atoms with van der Waals surface area (Å²) in [5.74, 6) is -1.71. The molecule has 57 heavy (non-hydrogen) atoms. The Morgan fingerprint density at radius 1 is 0.754 bits per heavy atom. The molecule has 1 aliphatic rings. The molecule has 0 aromatic rings. The molecule has 0 amide bonds. The van der Waals surface area contributed by atoms with Crippen LogP contribution in [0.2, 0.25) is 0 Å². The van der Waals surface area contributed by atoms with Gasteiger partial charge in [0.2, 0.25) is 0 Å². The highest BCUT2D eigenvalue weighted by Crippen LogP contribution is 2.43. The molecular formula is C44H83NO11P+. The zero-order valence-corrected chi connectivity index (χ0v) is 37.3.